The molecule has 0 bridgehead atoms. The maximum atomic E-state index is 4.54. The fourth-order valence-corrected chi connectivity index (χ4v) is 2.88. The average Bonchev–Trinajstić information content (AvgIpc) is 2.07. The summed E-state index contributed by atoms with van der Waals surface area (Å²) in [7, 11) is 0.680. The first-order chi connectivity index (χ1) is 7.29. The average molecular weight is 235 g/mol. The summed E-state index contributed by atoms with van der Waals surface area (Å²) in [4.78, 5) is 4.54. The molecule has 2 heteroatoms. The second-order valence-corrected chi connectivity index (χ2v) is 6.39. The molecule has 0 aromatic heterocycles. The summed E-state index contributed by atoms with van der Waals surface area (Å²) in [5.74, 6) is 2.07. The lowest BCUT2D eigenvalue weighted by Crippen LogP contribution is -2.10. The van der Waals surface area contributed by atoms with Gasteiger partial charge < -0.3 is 0 Å². The van der Waals surface area contributed by atoms with Gasteiger partial charge in [0.25, 0.3) is 0 Å². The van der Waals surface area contributed by atoms with Gasteiger partial charge in [-0.2, -0.15) is 0 Å². The molecule has 0 aliphatic heterocycles. The fourth-order valence-electron chi connectivity index (χ4n) is 1.70. The summed E-state index contributed by atoms with van der Waals surface area (Å²) >= 11 is 0. The van der Waals surface area contributed by atoms with Crippen molar-refractivity contribution in [3.05, 3.63) is 28.8 Å². The van der Waals surface area contributed by atoms with E-state index in [4.69, 9.17) is 0 Å². The summed E-state index contributed by atoms with van der Waals surface area (Å²) in [5.41, 5.74) is 4.16. The van der Waals surface area contributed by atoms with Crippen molar-refractivity contribution in [2.75, 3.05) is 0 Å². The van der Waals surface area contributed by atoms with Gasteiger partial charge in [0.05, 0.1) is 5.54 Å². The molecule has 0 spiro atoms. The third-order valence-electron chi connectivity index (χ3n) is 2.34. The molecule has 1 aromatic carbocycles. The van der Waals surface area contributed by atoms with Gasteiger partial charge in [0, 0.05) is 5.96 Å². The lowest BCUT2D eigenvalue weighted by Gasteiger charge is -2.12. The molecule has 0 aliphatic carbocycles. The Morgan fingerprint density at radius 3 is 2.00 bits per heavy atom. The topological polar surface area (TPSA) is 12.4 Å². The molecule has 1 atom stereocenters. The Morgan fingerprint density at radius 1 is 1.06 bits per heavy atom. The van der Waals surface area contributed by atoms with Crippen molar-refractivity contribution in [3.63, 3.8) is 0 Å². The second kappa shape index (κ2) is 5.10. The Bertz CT molecular complexity index is 377. The molecule has 0 radical (unpaired) electrons. The maximum absolute atomic E-state index is 4.54. The number of aryl methyl sites for hydroxylation is 3. The first-order valence-electron chi connectivity index (χ1n) is 5.68. The van der Waals surface area contributed by atoms with Crippen LogP contribution in [-0.4, -0.2) is 11.5 Å². The van der Waals surface area contributed by atoms with Gasteiger partial charge in [-0.3, -0.25) is 4.99 Å². The van der Waals surface area contributed by atoms with Crippen molar-refractivity contribution < 1.29 is 0 Å². The van der Waals surface area contributed by atoms with Gasteiger partial charge in [-0.25, -0.2) is 0 Å². The summed E-state index contributed by atoms with van der Waals surface area (Å²) in [5, 5.41) is 1.44. The predicted molar refractivity (Wildman–Crippen MR) is 76.8 cm³/mol. The minimum Gasteiger partial charge on any atom is -0.287 e. The van der Waals surface area contributed by atoms with Crippen LogP contribution in [0.1, 0.15) is 37.5 Å². The Balaban J connectivity index is 2.87. The zero-order chi connectivity index (χ0) is 12.3. The van der Waals surface area contributed by atoms with E-state index in [9.17, 15) is 0 Å². The number of hydrogen-bond acceptors (Lipinski definition) is 1. The number of aliphatic imine (C=N–C) groups is 1. The fraction of sp³-hybridized carbons (Fsp3) is 0.500. The molecule has 0 fully saturated rings. The lowest BCUT2D eigenvalue weighted by atomic mass is 10.1. The van der Waals surface area contributed by atoms with E-state index in [1.807, 2.05) is 0 Å². The molecule has 16 heavy (non-hydrogen) atoms. The molecule has 0 heterocycles. The van der Waals surface area contributed by atoms with Crippen LogP contribution < -0.4 is 5.30 Å². The first-order valence-corrected chi connectivity index (χ1v) is 6.75. The largest absolute Gasteiger partial charge is 0.287 e. The van der Waals surface area contributed by atoms with Crippen LogP contribution in [0.4, 0.5) is 0 Å². The highest BCUT2D eigenvalue weighted by atomic mass is 31.1. The van der Waals surface area contributed by atoms with Crippen LogP contribution in [0.3, 0.4) is 0 Å². The molecule has 0 N–H and O–H groups in total. The molecule has 1 rings (SSSR count). The van der Waals surface area contributed by atoms with Crippen LogP contribution in [0.15, 0.2) is 17.1 Å². The highest BCUT2D eigenvalue weighted by molar-refractivity contribution is 7.63. The Kier molecular flexibility index (Phi) is 4.27. The number of benzene rings is 1. The Labute approximate surface area is 101 Å². The van der Waals surface area contributed by atoms with Crippen molar-refractivity contribution >= 4 is 19.8 Å². The molecule has 0 aliphatic rings. The zero-order valence-electron chi connectivity index (χ0n) is 11.2. The van der Waals surface area contributed by atoms with E-state index in [1.54, 1.807) is 0 Å². The van der Waals surface area contributed by atoms with Gasteiger partial charge in [-0.1, -0.05) is 17.7 Å². The van der Waals surface area contributed by atoms with E-state index >= 15 is 0 Å². The Hall–Kier alpha value is -0.680. The van der Waals surface area contributed by atoms with Crippen LogP contribution in [-0.2, 0) is 0 Å². The highest BCUT2D eigenvalue weighted by Crippen LogP contribution is 2.17. The predicted octanol–water partition coefficient (Wildman–Crippen LogP) is 3.74. The summed E-state index contributed by atoms with van der Waals surface area (Å²) in [6, 6.07) is 4.50. The third-order valence-corrected chi connectivity index (χ3v) is 3.67. The third kappa shape index (κ3) is 4.06. The molecule has 1 nitrogen and oxygen atoms in total. The summed E-state index contributed by atoms with van der Waals surface area (Å²) in [6.07, 6.45) is 0. The van der Waals surface area contributed by atoms with Crippen LogP contribution in [0.5, 0.6) is 0 Å². The maximum Gasteiger partial charge on any atom is 0.0524 e. The molecule has 0 saturated carbocycles. The van der Waals surface area contributed by atoms with E-state index in [1.165, 1.54) is 22.0 Å². The Morgan fingerprint density at radius 2 is 1.56 bits per heavy atom. The van der Waals surface area contributed by atoms with Crippen LogP contribution in [0, 0.1) is 20.8 Å². The van der Waals surface area contributed by atoms with E-state index in [-0.39, 0.29) is 5.54 Å². The molecule has 88 valence electrons. The van der Waals surface area contributed by atoms with Gasteiger partial charge >= 0.3 is 0 Å². The zero-order valence-corrected chi connectivity index (χ0v) is 12.2. The minimum atomic E-state index is 0.0412. The monoisotopic (exact) mass is 235 g/mol. The molecule has 1 aromatic rings. The quantitative estimate of drug-likeness (QED) is 0.547. The van der Waals surface area contributed by atoms with Crippen molar-refractivity contribution in [1.29, 1.82) is 0 Å². The summed E-state index contributed by atoms with van der Waals surface area (Å²) < 4.78 is 0. The SMILES string of the molecule is Cc1cc(C)c(PC=NC(C)(C)C)c(C)c1. The number of hydrogen-bond donors (Lipinski definition) is 0. The van der Waals surface area contributed by atoms with Gasteiger partial charge in [-0.15, -0.1) is 0 Å². The van der Waals surface area contributed by atoms with Gasteiger partial charge in [0.2, 0.25) is 0 Å². The number of rotatable bonds is 2. The standard InChI is InChI=1S/C14H22NP/c1-10-7-11(2)13(12(3)8-10)16-9-15-14(4,5)6/h7-9,16H,1-6H3. The lowest BCUT2D eigenvalue weighted by molar-refractivity contribution is 0.588. The van der Waals surface area contributed by atoms with Crippen molar-refractivity contribution in [2.24, 2.45) is 4.99 Å². The van der Waals surface area contributed by atoms with Crippen LogP contribution in [0.25, 0.3) is 0 Å². The molecular formula is C14H22NP. The molecular weight excluding hydrogens is 213 g/mol. The van der Waals surface area contributed by atoms with Crippen molar-refractivity contribution in [1.82, 2.24) is 0 Å². The van der Waals surface area contributed by atoms with Crippen LogP contribution >= 0.6 is 8.58 Å². The van der Waals surface area contributed by atoms with E-state index in [0.29, 0.717) is 8.58 Å². The highest BCUT2D eigenvalue weighted by Gasteiger charge is 2.06. The molecule has 0 saturated heterocycles. The first kappa shape index (κ1) is 13.4. The van der Waals surface area contributed by atoms with E-state index in [0.717, 1.165) is 0 Å². The number of nitrogens with zero attached hydrogens (tertiary/aromatic N) is 1. The van der Waals surface area contributed by atoms with Gasteiger partial charge in [0.1, 0.15) is 0 Å². The van der Waals surface area contributed by atoms with Crippen molar-refractivity contribution in [3.8, 4) is 0 Å². The minimum absolute atomic E-state index is 0.0412. The summed E-state index contributed by atoms with van der Waals surface area (Å²) in [6.45, 7) is 12.9. The van der Waals surface area contributed by atoms with E-state index in [2.05, 4.69) is 64.6 Å². The van der Waals surface area contributed by atoms with Gasteiger partial charge in [0.15, 0.2) is 0 Å². The van der Waals surface area contributed by atoms with Crippen molar-refractivity contribution in [2.45, 2.75) is 47.1 Å². The van der Waals surface area contributed by atoms with Gasteiger partial charge in [-0.05, 0) is 66.6 Å². The molecule has 1 unspecified atom stereocenters. The molecule has 0 amide bonds. The normalized spacial score (nSPS) is 13.1. The van der Waals surface area contributed by atoms with Crippen LogP contribution in [0.2, 0.25) is 0 Å². The smallest absolute Gasteiger partial charge is 0.0524 e. The second-order valence-electron chi connectivity index (χ2n) is 5.35. The van der Waals surface area contributed by atoms with E-state index < -0.39 is 0 Å².